The molecule has 0 aliphatic heterocycles. The molecule has 4 heteroatoms. The number of benzene rings is 2. The van der Waals surface area contributed by atoms with Crippen molar-refractivity contribution in [3.8, 4) is 0 Å². The number of rotatable bonds is 6. The molecule has 1 atom stereocenters. The van der Waals surface area contributed by atoms with Gasteiger partial charge in [-0.1, -0.05) is 61.2 Å². The van der Waals surface area contributed by atoms with Crippen LogP contribution in [0.25, 0.3) is 10.9 Å². The summed E-state index contributed by atoms with van der Waals surface area (Å²) in [7, 11) is 0. The summed E-state index contributed by atoms with van der Waals surface area (Å²) < 4.78 is 2.27. The first-order valence-electron chi connectivity index (χ1n) is 10.8. The van der Waals surface area contributed by atoms with Crippen LogP contribution >= 0.6 is 11.6 Å². The van der Waals surface area contributed by atoms with Gasteiger partial charge in [0, 0.05) is 47.0 Å². The Morgan fingerprint density at radius 1 is 1.14 bits per heavy atom. The maximum Gasteiger partial charge on any atom is 0.221 e. The predicted octanol–water partition coefficient (Wildman–Crippen LogP) is 6.29. The fraction of sp³-hybridized carbons (Fsp3) is 0.400. The van der Waals surface area contributed by atoms with Crippen LogP contribution in [0, 0.1) is 0 Å². The number of carbonyl (C=O) groups excluding carboxylic acids is 1. The summed E-state index contributed by atoms with van der Waals surface area (Å²) in [4.78, 5) is 13.0. The van der Waals surface area contributed by atoms with E-state index in [-0.39, 0.29) is 11.8 Å². The number of hydrogen-bond acceptors (Lipinski definition) is 1. The van der Waals surface area contributed by atoms with Gasteiger partial charge in [-0.25, -0.2) is 0 Å². The van der Waals surface area contributed by atoms with Crippen molar-refractivity contribution in [1.29, 1.82) is 0 Å². The number of halogens is 1. The zero-order valence-electron chi connectivity index (χ0n) is 17.0. The minimum atomic E-state index is -0.0185. The summed E-state index contributed by atoms with van der Waals surface area (Å²) >= 11 is 6.31. The third kappa shape index (κ3) is 4.51. The molecule has 0 radical (unpaired) electrons. The topological polar surface area (TPSA) is 34.0 Å². The number of carbonyl (C=O) groups is 1. The SMILES string of the molecule is CCn1cc([C@@H](CC(=O)NC2CCCCC2)c2cccc(Cl)c2)c2ccccc21. The van der Waals surface area contributed by atoms with Gasteiger partial charge in [0.1, 0.15) is 0 Å². The number of fused-ring (bicyclic) bond motifs is 1. The van der Waals surface area contributed by atoms with Crippen LogP contribution in [0.3, 0.4) is 0 Å². The van der Waals surface area contributed by atoms with Gasteiger partial charge in [0.25, 0.3) is 0 Å². The highest BCUT2D eigenvalue weighted by molar-refractivity contribution is 6.30. The summed E-state index contributed by atoms with van der Waals surface area (Å²) in [5.74, 6) is 0.116. The first-order valence-corrected chi connectivity index (χ1v) is 11.2. The molecule has 0 unspecified atom stereocenters. The molecule has 0 bridgehead atoms. The summed E-state index contributed by atoms with van der Waals surface area (Å²) in [6.45, 7) is 3.05. The van der Waals surface area contributed by atoms with Gasteiger partial charge in [0.05, 0.1) is 0 Å². The smallest absolute Gasteiger partial charge is 0.221 e. The van der Waals surface area contributed by atoms with E-state index in [0.29, 0.717) is 17.5 Å². The Morgan fingerprint density at radius 2 is 1.93 bits per heavy atom. The number of nitrogens with zero attached hydrogens (tertiary/aromatic N) is 1. The third-order valence-corrected chi connectivity index (χ3v) is 6.38. The maximum absolute atomic E-state index is 13.0. The van der Waals surface area contributed by atoms with Crippen molar-refractivity contribution < 1.29 is 4.79 Å². The fourth-order valence-electron chi connectivity index (χ4n) is 4.66. The van der Waals surface area contributed by atoms with Crippen LogP contribution in [-0.4, -0.2) is 16.5 Å². The number of aromatic nitrogens is 1. The average molecular weight is 409 g/mol. The molecule has 1 saturated carbocycles. The zero-order chi connectivity index (χ0) is 20.2. The second-order valence-corrected chi connectivity index (χ2v) is 8.54. The molecule has 1 amide bonds. The molecule has 0 saturated heterocycles. The number of aryl methyl sites for hydroxylation is 1. The van der Waals surface area contributed by atoms with E-state index in [1.165, 1.54) is 35.7 Å². The van der Waals surface area contributed by atoms with Gasteiger partial charge in [-0.05, 0) is 49.1 Å². The fourth-order valence-corrected chi connectivity index (χ4v) is 4.86. The lowest BCUT2D eigenvalue weighted by Crippen LogP contribution is -2.36. The van der Waals surface area contributed by atoms with Crippen LogP contribution in [0.15, 0.2) is 54.7 Å². The van der Waals surface area contributed by atoms with Crippen LogP contribution in [0.5, 0.6) is 0 Å². The van der Waals surface area contributed by atoms with E-state index in [0.717, 1.165) is 24.9 Å². The van der Waals surface area contributed by atoms with E-state index in [1.54, 1.807) is 0 Å². The van der Waals surface area contributed by atoms with E-state index in [9.17, 15) is 4.79 Å². The van der Waals surface area contributed by atoms with Gasteiger partial charge in [-0.2, -0.15) is 0 Å². The molecular weight excluding hydrogens is 380 g/mol. The number of hydrogen-bond donors (Lipinski definition) is 1. The molecule has 4 rings (SSSR count). The summed E-state index contributed by atoms with van der Waals surface area (Å²) in [5, 5.41) is 5.21. The van der Waals surface area contributed by atoms with Gasteiger partial charge in [-0.3, -0.25) is 4.79 Å². The van der Waals surface area contributed by atoms with Gasteiger partial charge in [0.2, 0.25) is 5.91 Å². The molecule has 1 N–H and O–H groups in total. The second kappa shape index (κ2) is 9.04. The first kappa shape index (κ1) is 20.0. The van der Waals surface area contributed by atoms with Crippen molar-refractivity contribution in [3.63, 3.8) is 0 Å². The van der Waals surface area contributed by atoms with E-state index < -0.39 is 0 Å². The van der Waals surface area contributed by atoms with Crippen LogP contribution in [0.2, 0.25) is 5.02 Å². The Morgan fingerprint density at radius 3 is 2.69 bits per heavy atom. The second-order valence-electron chi connectivity index (χ2n) is 8.10. The van der Waals surface area contributed by atoms with E-state index >= 15 is 0 Å². The highest BCUT2D eigenvalue weighted by Gasteiger charge is 2.24. The van der Waals surface area contributed by atoms with Crippen molar-refractivity contribution >= 4 is 28.4 Å². The Kier molecular flexibility index (Phi) is 6.25. The minimum Gasteiger partial charge on any atom is -0.353 e. The molecule has 1 fully saturated rings. The Labute approximate surface area is 178 Å². The molecule has 3 nitrogen and oxygen atoms in total. The largest absolute Gasteiger partial charge is 0.353 e. The van der Waals surface area contributed by atoms with Crippen molar-refractivity contribution in [1.82, 2.24) is 9.88 Å². The van der Waals surface area contributed by atoms with E-state index in [1.807, 2.05) is 18.2 Å². The molecular formula is C25H29ClN2O. The van der Waals surface area contributed by atoms with Crippen molar-refractivity contribution in [2.75, 3.05) is 0 Å². The highest BCUT2D eigenvalue weighted by atomic mass is 35.5. The molecule has 2 aromatic carbocycles. The van der Waals surface area contributed by atoms with E-state index in [4.69, 9.17) is 11.6 Å². The summed E-state index contributed by atoms with van der Waals surface area (Å²) in [5.41, 5.74) is 3.50. The maximum atomic E-state index is 13.0. The zero-order valence-corrected chi connectivity index (χ0v) is 17.8. The monoisotopic (exact) mass is 408 g/mol. The van der Waals surface area contributed by atoms with Crippen LogP contribution in [0.1, 0.15) is 62.5 Å². The van der Waals surface area contributed by atoms with Gasteiger partial charge >= 0.3 is 0 Å². The van der Waals surface area contributed by atoms with Crippen LogP contribution in [0.4, 0.5) is 0 Å². The Balaban J connectivity index is 1.69. The number of amides is 1. The Hall–Kier alpha value is -2.26. The normalized spacial score (nSPS) is 16.1. The number of nitrogens with one attached hydrogen (secondary N) is 1. The molecule has 29 heavy (non-hydrogen) atoms. The first-order chi connectivity index (χ1) is 14.2. The molecule has 1 aromatic heterocycles. The number of para-hydroxylation sites is 1. The average Bonchev–Trinajstić information content (AvgIpc) is 3.11. The lowest BCUT2D eigenvalue weighted by Gasteiger charge is -2.24. The highest BCUT2D eigenvalue weighted by Crippen LogP contribution is 2.35. The lowest BCUT2D eigenvalue weighted by atomic mass is 9.87. The molecule has 1 heterocycles. The van der Waals surface area contributed by atoms with Gasteiger partial charge < -0.3 is 9.88 Å². The van der Waals surface area contributed by atoms with Gasteiger partial charge in [-0.15, -0.1) is 0 Å². The third-order valence-electron chi connectivity index (χ3n) is 6.15. The van der Waals surface area contributed by atoms with Crippen molar-refractivity contribution in [2.45, 2.75) is 64.0 Å². The van der Waals surface area contributed by atoms with E-state index in [2.05, 4.69) is 53.3 Å². The molecule has 1 aliphatic rings. The molecule has 3 aromatic rings. The summed E-state index contributed by atoms with van der Waals surface area (Å²) in [6, 6.07) is 16.7. The Bertz CT molecular complexity index is 987. The molecule has 152 valence electrons. The molecule has 1 aliphatic carbocycles. The molecule has 0 spiro atoms. The predicted molar refractivity (Wildman–Crippen MR) is 121 cm³/mol. The van der Waals surface area contributed by atoms with Gasteiger partial charge in [0.15, 0.2) is 0 Å². The summed E-state index contributed by atoms with van der Waals surface area (Å²) in [6.07, 6.45) is 8.57. The van der Waals surface area contributed by atoms with Crippen molar-refractivity contribution in [2.24, 2.45) is 0 Å². The quantitative estimate of drug-likeness (QED) is 0.511. The van der Waals surface area contributed by atoms with Crippen LogP contribution in [-0.2, 0) is 11.3 Å². The minimum absolute atomic E-state index is 0.0185. The van der Waals surface area contributed by atoms with Crippen LogP contribution < -0.4 is 5.32 Å². The standard InChI is InChI=1S/C25H29ClN2O/c1-2-28-17-23(21-13-6-7-14-24(21)28)22(18-9-8-10-19(26)15-18)16-25(29)27-20-11-4-3-5-12-20/h6-10,13-15,17,20,22H,2-5,11-12,16H2,1H3,(H,27,29)/t22-/m0/s1. The van der Waals surface area contributed by atoms with Crippen molar-refractivity contribution in [3.05, 3.63) is 70.9 Å². The lowest BCUT2D eigenvalue weighted by molar-refractivity contribution is -0.122.